The van der Waals surface area contributed by atoms with E-state index in [0.717, 1.165) is 32.8 Å². The molecule has 6 nitrogen and oxygen atoms in total. The van der Waals surface area contributed by atoms with Crippen molar-refractivity contribution < 1.29 is 9.84 Å². The molecule has 0 aliphatic carbocycles. The molecule has 8 heteroatoms. The Bertz CT molecular complexity index is 773. The Morgan fingerprint density at radius 2 is 2.39 bits per heavy atom. The third-order valence-corrected chi connectivity index (χ3v) is 4.84. The number of aromatic nitrogens is 1. The van der Waals surface area contributed by atoms with Crippen molar-refractivity contribution in [3.05, 3.63) is 32.6 Å². The Kier molecular flexibility index (Phi) is 5.04. The van der Waals surface area contributed by atoms with Crippen molar-refractivity contribution in [3.8, 4) is 17.0 Å². The zero-order valence-corrected chi connectivity index (χ0v) is 14.6. The molecule has 23 heavy (non-hydrogen) atoms. The number of amidine groups is 1. The van der Waals surface area contributed by atoms with Crippen LogP contribution in [0.1, 0.15) is 9.88 Å². The SMILES string of the molecule is NC=NC(=NCCO)c1nc2c(s1)CCOc1cc(Br)ccc1-2. The van der Waals surface area contributed by atoms with E-state index in [1.807, 2.05) is 18.2 Å². The number of aliphatic hydroxyl groups is 1. The molecule has 0 amide bonds. The summed E-state index contributed by atoms with van der Waals surface area (Å²) in [5.74, 6) is 1.25. The van der Waals surface area contributed by atoms with E-state index < -0.39 is 0 Å². The predicted molar refractivity (Wildman–Crippen MR) is 95.6 cm³/mol. The molecule has 120 valence electrons. The molecule has 0 bridgehead atoms. The Balaban J connectivity index is 2.07. The van der Waals surface area contributed by atoms with Crippen LogP contribution in [0.3, 0.4) is 0 Å². The first-order valence-corrected chi connectivity index (χ1v) is 8.66. The summed E-state index contributed by atoms with van der Waals surface area (Å²) in [6, 6.07) is 5.90. The lowest BCUT2D eigenvalue weighted by molar-refractivity contribution is 0.307. The molecule has 0 saturated carbocycles. The van der Waals surface area contributed by atoms with Crippen molar-refractivity contribution in [2.24, 2.45) is 15.7 Å². The van der Waals surface area contributed by atoms with E-state index in [4.69, 9.17) is 20.6 Å². The average Bonchev–Trinajstić information content (AvgIpc) is 2.88. The van der Waals surface area contributed by atoms with Crippen LogP contribution in [0.2, 0.25) is 0 Å². The van der Waals surface area contributed by atoms with Crippen LogP contribution in [-0.4, -0.2) is 42.0 Å². The number of thiazole rings is 1. The van der Waals surface area contributed by atoms with Crippen LogP contribution in [0, 0.1) is 0 Å². The molecule has 1 aromatic carbocycles. The van der Waals surface area contributed by atoms with Gasteiger partial charge in [0.1, 0.15) is 5.75 Å². The van der Waals surface area contributed by atoms with Gasteiger partial charge in [0.15, 0.2) is 10.8 Å². The normalized spacial score (nSPS) is 14.3. The van der Waals surface area contributed by atoms with Gasteiger partial charge in [0.05, 0.1) is 31.8 Å². The molecule has 0 saturated heterocycles. The second-order valence-electron chi connectivity index (χ2n) is 4.74. The number of aliphatic imine (C=N–C) groups is 2. The second-order valence-corrected chi connectivity index (χ2v) is 6.74. The Morgan fingerprint density at radius 1 is 1.52 bits per heavy atom. The minimum absolute atomic E-state index is 0.0423. The van der Waals surface area contributed by atoms with Crippen LogP contribution < -0.4 is 10.5 Å². The van der Waals surface area contributed by atoms with Crippen LogP contribution in [0.25, 0.3) is 11.3 Å². The Morgan fingerprint density at radius 3 is 3.17 bits per heavy atom. The molecule has 0 unspecified atom stereocenters. The number of ether oxygens (including phenoxy) is 1. The first kappa shape index (κ1) is 16.1. The summed E-state index contributed by atoms with van der Waals surface area (Å²) in [5.41, 5.74) is 7.25. The topological polar surface area (TPSA) is 93.1 Å². The summed E-state index contributed by atoms with van der Waals surface area (Å²) in [6.45, 7) is 0.824. The molecule has 1 aliphatic heterocycles. The van der Waals surface area contributed by atoms with Gasteiger partial charge in [-0.2, -0.15) is 0 Å². The summed E-state index contributed by atoms with van der Waals surface area (Å²) in [4.78, 5) is 14.1. The van der Waals surface area contributed by atoms with E-state index in [0.29, 0.717) is 17.5 Å². The van der Waals surface area contributed by atoms with Crippen molar-refractivity contribution in [2.45, 2.75) is 6.42 Å². The molecule has 2 aromatic rings. The number of fused-ring (bicyclic) bond motifs is 3. The van der Waals surface area contributed by atoms with Gasteiger partial charge in [-0.15, -0.1) is 11.3 Å². The summed E-state index contributed by atoms with van der Waals surface area (Å²) in [7, 11) is 0. The monoisotopic (exact) mass is 394 g/mol. The number of hydrogen-bond donors (Lipinski definition) is 2. The van der Waals surface area contributed by atoms with Gasteiger partial charge in [0.2, 0.25) is 0 Å². The standard InChI is InChI=1S/C15H15BrN4O2S/c16-9-1-2-10-11(7-9)22-6-3-12-13(10)20-15(23-12)14(19-8-17)18-4-5-21/h1-2,7-8,21H,3-6H2,(H2,17,18,19). The fourth-order valence-electron chi connectivity index (χ4n) is 2.28. The first-order valence-electron chi connectivity index (χ1n) is 7.05. The summed E-state index contributed by atoms with van der Waals surface area (Å²) >= 11 is 4.99. The highest BCUT2D eigenvalue weighted by molar-refractivity contribution is 9.10. The number of halogens is 1. The first-order chi connectivity index (χ1) is 11.2. The molecule has 1 aliphatic rings. The molecule has 0 radical (unpaired) electrons. The largest absolute Gasteiger partial charge is 0.492 e. The summed E-state index contributed by atoms with van der Waals surface area (Å²) in [5, 5.41) is 9.65. The molecular formula is C15H15BrN4O2S. The average molecular weight is 395 g/mol. The van der Waals surface area contributed by atoms with Gasteiger partial charge in [0.25, 0.3) is 0 Å². The zero-order chi connectivity index (χ0) is 16.2. The fourth-order valence-corrected chi connectivity index (χ4v) is 3.64. The smallest absolute Gasteiger partial charge is 0.185 e. The van der Waals surface area contributed by atoms with Crippen LogP contribution in [0.15, 0.2) is 32.7 Å². The minimum atomic E-state index is -0.0423. The number of rotatable bonds is 3. The molecule has 1 aromatic heterocycles. The van der Waals surface area contributed by atoms with E-state index in [9.17, 15) is 0 Å². The maximum atomic E-state index is 8.96. The van der Waals surface area contributed by atoms with E-state index >= 15 is 0 Å². The quantitative estimate of drug-likeness (QED) is 0.616. The van der Waals surface area contributed by atoms with Gasteiger partial charge in [-0.05, 0) is 18.2 Å². The van der Waals surface area contributed by atoms with Gasteiger partial charge in [-0.25, -0.2) is 9.98 Å². The van der Waals surface area contributed by atoms with E-state index in [1.165, 1.54) is 17.7 Å². The lowest BCUT2D eigenvalue weighted by Gasteiger charge is -2.06. The van der Waals surface area contributed by atoms with E-state index in [2.05, 4.69) is 25.9 Å². The maximum Gasteiger partial charge on any atom is 0.185 e. The van der Waals surface area contributed by atoms with Crippen molar-refractivity contribution in [1.82, 2.24) is 4.98 Å². The second kappa shape index (κ2) is 7.20. The number of nitrogens with two attached hydrogens (primary N) is 1. The van der Waals surface area contributed by atoms with Crippen molar-refractivity contribution in [1.29, 1.82) is 0 Å². The molecule has 0 atom stereocenters. The zero-order valence-electron chi connectivity index (χ0n) is 12.2. The van der Waals surface area contributed by atoms with Crippen LogP contribution >= 0.6 is 27.3 Å². The summed E-state index contributed by atoms with van der Waals surface area (Å²) in [6.07, 6.45) is 1.97. The van der Waals surface area contributed by atoms with Gasteiger partial charge >= 0.3 is 0 Å². The predicted octanol–water partition coefficient (Wildman–Crippen LogP) is 2.23. The van der Waals surface area contributed by atoms with Gasteiger partial charge < -0.3 is 15.6 Å². The lowest BCUT2D eigenvalue weighted by Crippen LogP contribution is -2.03. The van der Waals surface area contributed by atoms with Gasteiger partial charge in [0, 0.05) is 21.3 Å². The number of aliphatic hydroxyl groups excluding tert-OH is 1. The molecule has 0 spiro atoms. The van der Waals surface area contributed by atoms with Crippen molar-refractivity contribution >= 4 is 39.4 Å². The highest BCUT2D eigenvalue weighted by Crippen LogP contribution is 2.39. The maximum absolute atomic E-state index is 8.96. The molecule has 3 N–H and O–H groups in total. The number of hydrogen-bond acceptors (Lipinski definition) is 5. The van der Waals surface area contributed by atoms with Crippen LogP contribution in [0.5, 0.6) is 5.75 Å². The number of benzene rings is 1. The highest BCUT2D eigenvalue weighted by Gasteiger charge is 2.22. The van der Waals surface area contributed by atoms with Gasteiger partial charge in [-0.3, -0.25) is 4.99 Å². The molecule has 0 fully saturated rings. The Labute approximate surface area is 145 Å². The third-order valence-electron chi connectivity index (χ3n) is 3.23. The number of nitrogens with zero attached hydrogens (tertiary/aromatic N) is 3. The van der Waals surface area contributed by atoms with Gasteiger partial charge in [-0.1, -0.05) is 15.9 Å². The molecular weight excluding hydrogens is 380 g/mol. The van der Waals surface area contributed by atoms with Crippen LogP contribution in [0.4, 0.5) is 0 Å². The highest BCUT2D eigenvalue weighted by atomic mass is 79.9. The van der Waals surface area contributed by atoms with E-state index in [-0.39, 0.29) is 13.2 Å². The van der Waals surface area contributed by atoms with Crippen molar-refractivity contribution in [3.63, 3.8) is 0 Å². The lowest BCUT2D eigenvalue weighted by atomic mass is 10.1. The Hall–Kier alpha value is -1.77. The van der Waals surface area contributed by atoms with Crippen molar-refractivity contribution in [2.75, 3.05) is 19.8 Å². The third kappa shape index (κ3) is 3.44. The minimum Gasteiger partial charge on any atom is -0.492 e. The van der Waals surface area contributed by atoms with E-state index in [1.54, 1.807) is 0 Å². The fraction of sp³-hybridized carbons (Fsp3) is 0.267. The molecule has 3 rings (SSSR count). The molecule has 2 heterocycles. The summed E-state index contributed by atoms with van der Waals surface area (Å²) < 4.78 is 6.77. The van der Waals surface area contributed by atoms with Crippen LogP contribution in [-0.2, 0) is 6.42 Å².